The lowest BCUT2D eigenvalue weighted by Crippen LogP contribution is -2.11. The molecule has 2 amide bonds. The Hall–Kier alpha value is -1.96. The zero-order chi connectivity index (χ0) is 12.3. The van der Waals surface area contributed by atoms with Crippen molar-refractivity contribution in [2.45, 2.75) is 13.8 Å². The predicted octanol–water partition coefficient (Wildman–Crippen LogP) is 1.57. The average Bonchev–Trinajstić information content (AvgIpc) is 2.47. The van der Waals surface area contributed by atoms with Gasteiger partial charge in [-0.3, -0.25) is 19.7 Å². The van der Waals surface area contributed by atoms with Crippen LogP contribution >= 0.6 is 11.3 Å². The summed E-state index contributed by atoms with van der Waals surface area (Å²) in [6.45, 7) is 2.51. The van der Waals surface area contributed by atoms with E-state index in [1.807, 2.05) is 0 Å². The minimum absolute atomic E-state index is 0.0256. The van der Waals surface area contributed by atoms with Crippen LogP contribution in [0.5, 0.6) is 0 Å². The topological polar surface area (TPSA) is 101 Å². The van der Waals surface area contributed by atoms with Gasteiger partial charge in [-0.25, -0.2) is 0 Å². The molecule has 0 radical (unpaired) electrons. The van der Waals surface area contributed by atoms with Gasteiger partial charge in [0.25, 0.3) is 0 Å². The number of anilines is 2. The van der Waals surface area contributed by atoms with E-state index in [1.54, 1.807) is 0 Å². The fraction of sp³-hybridized carbons (Fsp3) is 0.250. The summed E-state index contributed by atoms with van der Waals surface area (Å²) in [7, 11) is 0. The van der Waals surface area contributed by atoms with Gasteiger partial charge in [0.05, 0.1) is 10.6 Å². The van der Waals surface area contributed by atoms with E-state index in [0.29, 0.717) is 0 Å². The molecule has 1 heterocycles. The highest BCUT2D eigenvalue weighted by molar-refractivity contribution is 7.14. The zero-order valence-electron chi connectivity index (χ0n) is 8.57. The molecule has 2 N–H and O–H groups in total. The third-order valence-electron chi connectivity index (χ3n) is 1.55. The lowest BCUT2D eigenvalue weighted by Gasteiger charge is -2.03. The third-order valence-corrected chi connectivity index (χ3v) is 2.48. The summed E-state index contributed by atoms with van der Waals surface area (Å²) in [5, 5.41) is 16.6. The van der Waals surface area contributed by atoms with Gasteiger partial charge in [0, 0.05) is 19.2 Å². The minimum atomic E-state index is -0.610. The van der Waals surface area contributed by atoms with Crippen LogP contribution in [0.1, 0.15) is 13.8 Å². The van der Waals surface area contributed by atoms with Gasteiger partial charge in [-0.1, -0.05) is 11.3 Å². The number of carbonyl (C=O) groups excluding carboxylic acids is 2. The van der Waals surface area contributed by atoms with Crippen LogP contribution in [0.2, 0.25) is 0 Å². The molecule has 7 nitrogen and oxygen atoms in total. The smallest absolute Gasteiger partial charge is 0.324 e. The highest BCUT2D eigenvalue weighted by atomic mass is 32.1. The van der Waals surface area contributed by atoms with E-state index in [4.69, 9.17) is 0 Å². The molecule has 0 bridgehead atoms. The van der Waals surface area contributed by atoms with Gasteiger partial charge in [0.15, 0.2) is 5.69 Å². The van der Waals surface area contributed by atoms with Crippen LogP contribution in [0, 0.1) is 10.1 Å². The molecule has 0 aliphatic carbocycles. The average molecular weight is 243 g/mol. The monoisotopic (exact) mass is 243 g/mol. The van der Waals surface area contributed by atoms with E-state index >= 15 is 0 Å². The fourth-order valence-electron chi connectivity index (χ4n) is 1.06. The van der Waals surface area contributed by atoms with Crippen molar-refractivity contribution in [1.82, 2.24) is 0 Å². The molecule has 1 aromatic rings. The molecule has 0 fully saturated rings. The number of hydrogen-bond donors (Lipinski definition) is 2. The first-order valence-electron chi connectivity index (χ1n) is 4.23. The van der Waals surface area contributed by atoms with Crippen LogP contribution in [0.15, 0.2) is 5.38 Å². The first-order valence-corrected chi connectivity index (χ1v) is 5.11. The molecule has 86 valence electrons. The summed E-state index contributed by atoms with van der Waals surface area (Å²) < 4.78 is 0. The summed E-state index contributed by atoms with van der Waals surface area (Å²) in [4.78, 5) is 31.8. The number of amides is 2. The molecule has 0 atom stereocenters. The first-order chi connectivity index (χ1) is 7.41. The molecule has 0 aliphatic rings. The standard InChI is InChI=1S/C8H9N3O4S/c1-4(12)9-6-3-16-8(11(14)15)7(6)10-5(2)13/h3H,1-2H3,(H,9,12)(H,10,13). The van der Waals surface area contributed by atoms with Crippen molar-refractivity contribution in [2.24, 2.45) is 0 Å². The van der Waals surface area contributed by atoms with Gasteiger partial charge < -0.3 is 10.6 Å². The van der Waals surface area contributed by atoms with Gasteiger partial charge in [-0.2, -0.15) is 0 Å². The molecule has 0 saturated carbocycles. The Morgan fingerprint density at radius 3 is 2.31 bits per heavy atom. The van der Waals surface area contributed by atoms with Crippen LogP contribution in [0.4, 0.5) is 16.4 Å². The Labute approximate surface area is 94.6 Å². The van der Waals surface area contributed by atoms with Gasteiger partial charge >= 0.3 is 5.00 Å². The number of hydrogen-bond acceptors (Lipinski definition) is 5. The summed E-state index contributed by atoms with van der Waals surface area (Å²) >= 11 is 0.840. The summed E-state index contributed by atoms with van der Waals surface area (Å²) in [5.74, 6) is -0.799. The van der Waals surface area contributed by atoms with Crippen LogP contribution in [-0.2, 0) is 9.59 Å². The second kappa shape index (κ2) is 4.71. The number of nitrogens with one attached hydrogen (secondary N) is 2. The van der Waals surface area contributed by atoms with E-state index in [9.17, 15) is 19.7 Å². The molecule has 0 aromatic carbocycles. The Morgan fingerprint density at radius 2 is 1.88 bits per heavy atom. The number of nitro groups is 1. The van der Waals surface area contributed by atoms with Crippen molar-refractivity contribution >= 4 is 39.5 Å². The van der Waals surface area contributed by atoms with Gasteiger partial charge in [-0.15, -0.1) is 0 Å². The number of thiophene rings is 1. The van der Waals surface area contributed by atoms with E-state index < -0.39 is 10.8 Å². The molecular weight excluding hydrogens is 234 g/mol. The van der Waals surface area contributed by atoms with Crippen molar-refractivity contribution in [3.8, 4) is 0 Å². The lowest BCUT2D eigenvalue weighted by molar-refractivity contribution is -0.379. The lowest BCUT2D eigenvalue weighted by atomic mass is 10.4. The van der Waals surface area contributed by atoms with Crippen LogP contribution in [0.25, 0.3) is 0 Å². The van der Waals surface area contributed by atoms with Crippen LogP contribution in [-0.4, -0.2) is 16.7 Å². The van der Waals surface area contributed by atoms with Gasteiger partial charge in [-0.05, 0) is 0 Å². The first kappa shape index (κ1) is 12.1. The third kappa shape index (κ3) is 2.76. The second-order valence-electron chi connectivity index (χ2n) is 2.95. The molecule has 0 saturated heterocycles. The Balaban J connectivity index is 3.13. The van der Waals surface area contributed by atoms with Crippen LogP contribution < -0.4 is 10.6 Å². The molecule has 0 aliphatic heterocycles. The molecule has 8 heteroatoms. The van der Waals surface area contributed by atoms with Crippen molar-refractivity contribution in [3.05, 3.63) is 15.5 Å². The molecule has 1 aromatic heterocycles. The van der Waals surface area contributed by atoms with Crippen LogP contribution in [0.3, 0.4) is 0 Å². The quantitative estimate of drug-likeness (QED) is 0.621. The maximum absolute atomic E-state index is 10.9. The fourth-order valence-corrected chi connectivity index (χ4v) is 1.83. The van der Waals surface area contributed by atoms with E-state index in [0.717, 1.165) is 11.3 Å². The highest BCUT2D eigenvalue weighted by Gasteiger charge is 2.22. The van der Waals surface area contributed by atoms with Gasteiger partial charge in [0.1, 0.15) is 0 Å². The summed E-state index contributed by atoms with van der Waals surface area (Å²) in [5.41, 5.74) is 0.261. The summed E-state index contributed by atoms with van der Waals surface area (Å²) in [6, 6.07) is 0. The molecule has 0 unspecified atom stereocenters. The Bertz CT molecular complexity index is 454. The van der Waals surface area contributed by atoms with Crippen molar-refractivity contribution in [2.75, 3.05) is 10.6 Å². The van der Waals surface area contributed by atoms with Gasteiger partial charge in [0.2, 0.25) is 11.8 Å². The number of carbonyl (C=O) groups is 2. The number of nitrogens with zero attached hydrogens (tertiary/aromatic N) is 1. The van der Waals surface area contributed by atoms with E-state index in [1.165, 1.54) is 19.2 Å². The van der Waals surface area contributed by atoms with Crippen molar-refractivity contribution in [3.63, 3.8) is 0 Å². The van der Waals surface area contributed by atoms with Crippen molar-refractivity contribution < 1.29 is 14.5 Å². The zero-order valence-corrected chi connectivity index (χ0v) is 9.38. The SMILES string of the molecule is CC(=O)Nc1csc([N+](=O)[O-])c1NC(C)=O. The maximum atomic E-state index is 10.9. The predicted molar refractivity (Wildman–Crippen MR) is 59.6 cm³/mol. The molecule has 16 heavy (non-hydrogen) atoms. The Kier molecular flexibility index (Phi) is 3.56. The maximum Gasteiger partial charge on any atom is 0.349 e. The second-order valence-corrected chi connectivity index (χ2v) is 3.81. The largest absolute Gasteiger partial charge is 0.349 e. The highest BCUT2D eigenvalue weighted by Crippen LogP contribution is 2.39. The molecular formula is C8H9N3O4S. The van der Waals surface area contributed by atoms with E-state index in [2.05, 4.69) is 10.6 Å². The molecule has 1 rings (SSSR count). The summed E-state index contributed by atoms with van der Waals surface area (Å²) in [6.07, 6.45) is 0. The normalized spacial score (nSPS) is 9.62. The number of rotatable bonds is 3. The Morgan fingerprint density at radius 1 is 1.31 bits per heavy atom. The van der Waals surface area contributed by atoms with E-state index in [-0.39, 0.29) is 22.3 Å². The molecule has 0 spiro atoms. The van der Waals surface area contributed by atoms with Crippen molar-refractivity contribution in [1.29, 1.82) is 0 Å². The minimum Gasteiger partial charge on any atom is -0.324 e.